The van der Waals surface area contributed by atoms with Crippen LogP contribution in [0.4, 0.5) is 24.7 Å². The third-order valence-electron chi connectivity index (χ3n) is 11.0. The van der Waals surface area contributed by atoms with Gasteiger partial charge in [0.15, 0.2) is 5.82 Å². The van der Waals surface area contributed by atoms with E-state index in [9.17, 15) is 8.78 Å². The number of terminal acetylenes is 1. The smallest absolute Gasteiger partial charge is 0.319 e. The first-order chi connectivity index (χ1) is 22.3. The molecule has 11 heteroatoms. The molecule has 2 aromatic carbocycles. The molecule has 0 bridgehead atoms. The van der Waals surface area contributed by atoms with Crippen LogP contribution in [0.25, 0.3) is 32.9 Å². The molecular formula is C35H33F3N6O2. The molecule has 2 aliphatic carbocycles. The normalized spacial score (nSPS) is 27.9. The molecule has 46 heavy (non-hydrogen) atoms. The Morgan fingerprint density at radius 1 is 1.15 bits per heavy atom. The number of pyridine rings is 1. The van der Waals surface area contributed by atoms with Crippen molar-refractivity contribution in [2.24, 2.45) is 11.3 Å². The van der Waals surface area contributed by atoms with Gasteiger partial charge >= 0.3 is 6.01 Å². The zero-order valence-electron chi connectivity index (χ0n) is 25.2. The molecule has 0 radical (unpaired) electrons. The number of hydrogen-bond acceptors (Lipinski definition) is 8. The number of halogens is 3. The number of rotatable bonds is 5. The minimum absolute atomic E-state index is 0.00935. The maximum Gasteiger partial charge on any atom is 0.319 e. The van der Waals surface area contributed by atoms with Gasteiger partial charge in [-0.25, -0.2) is 13.2 Å². The average molecular weight is 627 g/mol. The molecule has 5 fully saturated rings. The Bertz CT molecular complexity index is 1980. The number of hydrogen-bond donors (Lipinski definition) is 1. The standard InChI is InChI=1S/C35H33F3N6O2/c1-2-21-25(36)5-4-19-12-20(39)13-22(26(19)21)29-28(38)30-23(14-40-29)32(44-10-11-45-15-24-27(37)31(24)44)42-33(41-30)46-18-35-6-3-9-43(35)17-34(16-35)7-8-34/h1,4-5,12-14,24,27,31H,3,6-11,15-18,39H2/t24-,27-,31-,35-/m0/s1. The molecule has 9 rings (SSSR count). The zero-order chi connectivity index (χ0) is 31.4. The number of fused-ring (bicyclic) bond motifs is 4. The van der Waals surface area contributed by atoms with Gasteiger partial charge in [-0.3, -0.25) is 9.88 Å². The number of nitrogens with zero attached hydrogens (tertiary/aromatic N) is 5. The quantitative estimate of drug-likeness (QED) is 0.237. The maximum absolute atomic E-state index is 16.9. The summed E-state index contributed by atoms with van der Waals surface area (Å²) >= 11 is 0. The summed E-state index contributed by atoms with van der Waals surface area (Å²) in [6.07, 6.45) is 11.8. The first kappa shape index (κ1) is 28.1. The Morgan fingerprint density at radius 3 is 2.85 bits per heavy atom. The number of nitrogens with two attached hydrogens (primary N) is 1. The van der Waals surface area contributed by atoms with E-state index in [1.165, 1.54) is 31.2 Å². The highest BCUT2D eigenvalue weighted by molar-refractivity contribution is 6.03. The molecule has 1 spiro atoms. The molecule has 4 aromatic rings. The number of nitrogen functional groups attached to an aromatic ring is 1. The molecule has 5 heterocycles. The number of alkyl halides is 1. The fraction of sp³-hybridized carbons (Fsp3) is 0.457. The average Bonchev–Trinajstić information content (AvgIpc) is 3.88. The highest BCUT2D eigenvalue weighted by atomic mass is 19.1. The zero-order valence-corrected chi connectivity index (χ0v) is 25.2. The Balaban J connectivity index is 1.19. The lowest BCUT2D eigenvalue weighted by molar-refractivity contribution is 0.107. The molecule has 2 aromatic heterocycles. The second kappa shape index (κ2) is 9.93. The van der Waals surface area contributed by atoms with Crippen molar-refractivity contribution in [2.75, 3.05) is 50.1 Å². The fourth-order valence-corrected chi connectivity index (χ4v) is 8.50. The number of benzene rings is 2. The Kier molecular flexibility index (Phi) is 6.07. The summed E-state index contributed by atoms with van der Waals surface area (Å²) in [5, 5.41) is 1.21. The van der Waals surface area contributed by atoms with Crippen LogP contribution in [0.2, 0.25) is 0 Å². The molecule has 2 N–H and O–H groups in total. The van der Waals surface area contributed by atoms with Gasteiger partial charge in [0.1, 0.15) is 35.6 Å². The van der Waals surface area contributed by atoms with Gasteiger partial charge in [-0.05, 0) is 67.6 Å². The van der Waals surface area contributed by atoms with E-state index in [-0.39, 0.29) is 39.8 Å². The Hall–Kier alpha value is -4.14. The van der Waals surface area contributed by atoms with E-state index in [0.717, 1.165) is 32.4 Å². The maximum atomic E-state index is 16.9. The minimum atomic E-state index is -1.08. The van der Waals surface area contributed by atoms with Crippen LogP contribution in [-0.2, 0) is 4.74 Å². The topological polar surface area (TPSA) is 89.6 Å². The van der Waals surface area contributed by atoms with E-state index in [1.54, 1.807) is 12.1 Å². The summed E-state index contributed by atoms with van der Waals surface area (Å²) in [7, 11) is 0. The third kappa shape index (κ3) is 4.19. The van der Waals surface area contributed by atoms with Crippen LogP contribution >= 0.6 is 0 Å². The van der Waals surface area contributed by atoms with Gasteiger partial charge in [0.25, 0.3) is 0 Å². The van der Waals surface area contributed by atoms with Crippen LogP contribution < -0.4 is 15.4 Å². The van der Waals surface area contributed by atoms with Crippen molar-refractivity contribution in [3.63, 3.8) is 0 Å². The van der Waals surface area contributed by atoms with Gasteiger partial charge in [0.05, 0.1) is 35.7 Å². The summed E-state index contributed by atoms with van der Waals surface area (Å²) in [4.78, 5) is 18.3. The molecule has 236 valence electrons. The summed E-state index contributed by atoms with van der Waals surface area (Å²) in [6.45, 7) is 3.61. The van der Waals surface area contributed by atoms with Crippen LogP contribution in [0.15, 0.2) is 30.5 Å². The molecule has 8 nitrogen and oxygen atoms in total. The molecule has 3 aliphatic heterocycles. The summed E-state index contributed by atoms with van der Waals surface area (Å²) in [5.74, 6) is 1.12. The molecule has 5 aliphatic rings. The third-order valence-corrected chi connectivity index (χ3v) is 11.0. The van der Waals surface area contributed by atoms with Gasteiger partial charge in [-0.2, -0.15) is 9.97 Å². The van der Waals surface area contributed by atoms with Gasteiger partial charge in [0, 0.05) is 41.8 Å². The molecular weight excluding hydrogens is 593 g/mol. The molecule has 0 unspecified atom stereocenters. The van der Waals surface area contributed by atoms with Crippen molar-refractivity contribution < 1.29 is 22.6 Å². The summed E-state index contributed by atoms with van der Waals surface area (Å²) in [6, 6.07) is 5.60. The van der Waals surface area contributed by atoms with Crippen LogP contribution in [0.3, 0.4) is 0 Å². The van der Waals surface area contributed by atoms with Gasteiger partial charge in [0.2, 0.25) is 0 Å². The van der Waals surface area contributed by atoms with E-state index in [4.69, 9.17) is 26.6 Å². The second-order valence-corrected chi connectivity index (χ2v) is 13.8. The van der Waals surface area contributed by atoms with E-state index >= 15 is 4.39 Å². The highest BCUT2D eigenvalue weighted by Crippen LogP contribution is 2.60. The van der Waals surface area contributed by atoms with Crippen molar-refractivity contribution in [2.45, 2.75) is 49.9 Å². The lowest BCUT2D eigenvalue weighted by Gasteiger charge is -2.31. The van der Waals surface area contributed by atoms with Crippen molar-refractivity contribution >= 4 is 33.2 Å². The lowest BCUT2D eigenvalue weighted by atomic mass is 9.89. The first-order valence-electron chi connectivity index (χ1n) is 16.0. The monoisotopic (exact) mass is 626 g/mol. The number of anilines is 2. The van der Waals surface area contributed by atoms with Crippen molar-refractivity contribution in [1.82, 2.24) is 19.9 Å². The predicted octanol–water partition coefficient (Wildman–Crippen LogP) is 5.26. The van der Waals surface area contributed by atoms with Crippen molar-refractivity contribution in [3.8, 4) is 29.6 Å². The number of ether oxygens (including phenoxy) is 2. The van der Waals surface area contributed by atoms with Crippen LogP contribution in [-0.4, -0.2) is 77.1 Å². The molecule has 3 saturated heterocycles. The highest BCUT2D eigenvalue weighted by Gasteiger charge is 2.60. The SMILES string of the molecule is C#Cc1c(F)ccc2cc(N)cc(-c3ncc4c(N5CCOC[C@H]6[C@H](F)[C@H]65)nc(OC[C@@]56CCCN5CC5(CC5)C6)nc4c3F)c12. The van der Waals surface area contributed by atoms with Crippen molar-refractivity contribution in [1.29, 1.82) is 0 Å². The Labute approximate surface area is 264 Å². The number of aromatic nitrogens is 3. The molecule has 4 atom stereocenters. The van der Waals surface area contributed by atoms with Crippen molar-refractivity contribution in [3.05, 3.63) is 47.7 Å². The van der Waals surface area contributed by atoms with E-state index in [1.807, 2.05) is 4.90 Å². The molecule has 2 saturated carbocycles. The van der Waals surface area contributed by atoms with E-state index in [2.05, 4.69) is 20.8 Å². The summed E-state index contributed by atoms with van der Waals surface area (Å²) < 4.78 is 58.8. The largest absolute Gasteiger partial charge is 0.461 e. The van der Waals surface area contributed by atoms with Crippen LogP contribution in [0.5, 0.6) is 6.01 Å². The Morgan fingerprint density at radius 2 is 2.02 bits per heavy atom. The minimum Gasteiger partial charge on any atom is -0.461 e. The van der Waals surface area contributed by atoms with Gasteiger partial charge < -0.3 is 20.1 Å². The van der Waals surface area contributed by atoms with E-state index in [0.29, 0.717) is 59.4 Å². The van der Waals surface area contributed by atoms with Crippen LogP contribution in [0, 0.1) is 35.3 Å². The van der Waals surface area contributed by atoms with Crippen LogP contribution in [0.1, 0.15) is 37.7 Å². The predicted molar refractivity (Wildman–Crippen MR) is 168 cm³/mol. The second-order valence-electron chi connectivity index (χ2n) is 13.8. The fourth-order valence-electron chi connectivity index (χ4n) is 8.50. The lowest BCUT2D eigenvalue weighted by Crippen LogP contribution is -2.43. The van der Waals surface area contributed by atoms with Gasteiger partial charge in [-0.1, -0.05) is 12.0 Å². The first-order valence-corrected chi connectivity index (χ1v) is 16.0. The van der Waals surface area contributed by atoms with E-state index < -0.39 is 23.8 Å². The summed E-state index contributed by atoms with van der Waals surface area (Å²) in [5.41, 5.74) is 7.00. The molecule has 0 amide bonds. The van der Waals surface area contributed by atoms with Gasteiger partial charge in [-0.15, -0.1) is 6.42 Å².